The molecule has 0 fully saturated rings. The summed E-state index contributed by atoms with van der Waals surface area (Å²) in [5.74, 6) is 0.891. The fourth-order valence-corrected chi connectivity index (χ4v) is 2.36. The molecule has 1 aromatic carbocycles. The van der Waals surface area contributed by atoms with Crippen LogP contribution in [-0.2, 0) is 6.54 Å². The molecule has 0 aliphatic heterocycles. The van der Waals surface area contributed by atoms with Crippen molar-refractivity contribution in [1.29, 1.82) is 0 Å². The van der Waals surface area contributed by atoms with Crippen LogP contribution in [-0.4, -0.2) is 20.2 Å². The highest BCUT2D eigenvalue weighted by Gasteiger charge is 2.07. The molecule has 2 aromatic heterocycles. The fourth-order valence-electron chi connectivity index (χ4n) is 1.87. The van der Waals surface area contributed by atoms with Gasteiger partial charge in [-0.1, -0.05) is 29.3 Å². The Morgan fingerprint density at radius 2 is 1.74 bits per heavy atom. The van der Waals surface area contributed by atoms with E-state index in [0.29, 0.717) is 34.0 Å². The van der Waals surface area contributed by atoms with Gasteiger partial charge in [-0.25, -0.2) is 0 Å². The third-order valence-electron chi connectivity index (χ3n) is 2.97. The Balaban J connectivity index is 1.72. The number of halogens is 2. The van der Waals surface area contributed by atoms with Crippen molar-refractivity contribution in [2.24, 2.45) is 0 Å². The molecule has 0 spiro atoms. The molecule has 0 aliphatic carbocycles. The number of hydrogen-bond donors (Lipinski definition) is 2. The van der Waals surface area contributed by atoms with Crippen molar-refractivity contribution in [1.82, 2.24) is 20.2 Å². The number of aromatic nitrogens is 4. The Bertz CT molecular complexity index is 777. The van der Waals surface area contributed by atoms with Crippen molar-refractivity contribution >= 4 is 40.7 Å². The maximum atomic E-state index is 6.13. The van der Waals surface area contributed by atoms with Crippen LogP contribution in [0, 0.1) is 0 Å². The fraction of sp³-hybridized carbons (Fsp3) is 0.0667. The summed E-state index contributed by atoms with van der Waals surface area (Å²) in [7, 11) is 0. The van der Waals surface area contributed by atoms with E-state index >= 15 is 0 Å². The normalized spacial score (nSPS) is 10.3. The number of benzene rings is 1. The lowest BCUT2D eigenvalue weighted by atomic mass is 10.3. The molecule has 0 unspecified atom stereocenters. The predicted octanol–water partition coefficient (Wildman–Crippen LogP) is 3.93. The van der Waals surface area contributed by atoms with Gasteiger partial charge in [0.25, 0.3) is 0 Å². The lowest BCUT2D eigenvalue weighted by molar-refractivity contribution is 0.948. The average molecular weight is 347 g/mol. The van der Waals surface area contributed by atoms with Crippen molar-refractivity contribution in [2.45, 2.75) is 6.54 Å². The zero-order valence-electron chi connectivity index (χ0n) is 11.9. The number of anilines is 3. The van der Waals surface area contributed by atoms with Gasteiger partial charge in [-0.05, 0) is 29.8 Å². The Morgan fingerprint density at radius 3 is 2.48 bits per heavy atom. The van der Waals surface area contributed by atoms with Gasteiger partial charge < -0.3 is 10.6 Å². The zero-order chi connectivity index (χ0) is 16.1. The molecular weight excluding hydrogens is 335 g/mol. The Kier molecular flexibility index (Phi) is 4.85. The summed E-state index contributed by atoms with van der Waals surface area (Å²) in [6, 6.07) is 9.08. The molecule has 0 saturated carbocycles. The van der Waals surface area contributed by atoms with Gasteiger partial charge in [0.1, 0.15) is 0 Å². The Morgan fingerprint density at radius 1 is 1.00 bits per heavy atom. The molecule has 23 heavy (non-hydrogen) atoms. The molecule has 0 bridgehead atoms. The summed E-state index contributed by atoms with van der Waals surface area (Å²) in [6.07, 6.45) is 4.96. The summed E-state index contributed by atoms with van der Waals surface area (Å²) in [6.45, 7) is 0.570. The van der Waals surface area contributed by atoms with Crippen molar-refractivity contribution < 1.29 is 0 Å². The third-order valence-corrected chi connectivity index (χ3v) is 3.60. The smallest absolute Gasteiger partial charge is 0.244 e. The minimum atomic E-state index is 0.398. The monoisotopic (exact) mass is 346 g/mol. The molecule has 3 rings (SSSR count). The van der Waals surface area contributed by atoms with Gasteiger partial charge in [0, 0.05) is 18.9 Å². The van der Waals surface area contributed by atoms with Gasteiger partial charge in [0.15, 0.2) is 5.82 Å². The molecule has 6 nitrogen and oxygen atoms in total. The molecule has 0 saturated heterocycles. The maximum absolute atomic E-state index is 6.13. The molecule has 2 heterocycles. The van der Waals surface area contributed by atoms with Crippen LogP contribution in [0.25, 0.3) is 0 Å². The number of hydrogen-bond acceptors (Lipinski definition) is 6. The quantitative estimate of drug-likeness (QED) is 0.728. The summed E-state index contributed by atoms with van der Waals surface area (Å²) in [4.78, 5) is 8.31. The Labute approximate surface area is 142 Å². The summed E-state index contributed by atoms with van der Waals surface area (Å²) in [5, 5.41) is 15.0. The predicted molar refractivity (Wildman–Crippen MR) is 91.1 cm³/mol. The second-order valence-corrected chi connectivity index (χ2v) is 5.41. The highest BCUT2D eigenvalue weighted by Crippen LogP contribution is 2.31. The first kappa shape index (κ1) is 15.5. The average Bonchev–Trinajstić information content (AvgIpc) is 2.58. The van der Waals surface area contributed by atoms with Gasteiger partial charge in [0.05, 0.1) is 21.9 Å². The number of pyridine rings is 1. The van der Waals surface area contributed by atoms with Crippen LogP contribution in [0.4, 0.5) is 17.5 Å². The molecule has 0 radical (unpaired) electrons. The Hall–Kier alpha value is -2.44. The first-order chi connectivity index (χ1) is 11.2. The van der Waals surface area contributed by atoms with Gasteiger partial charge in [0.2, 0.25) is 5.95 Å². The molecule has 0 atom stereocenters. The lowest BCUT2D eigenvalue weighted by Crippen LogP contribution is -2.06. The molecular formula is C15H12Cl2N6. The number of nitrogens with zero attached hydrogens (tertiary/aromatic N) is 4. The standard InChI is InChI=1S/C15H12Cl2N6/c16-11-2-1-3-12(17)14(11)21-13-9-20-23-15(22-13)19-8-10-4-6-18-7-5-10/h1-7,9H,8H2,(H2,19,21,22,23). The van der Waals surface area contributed by atoms with Gasteiger partial charge in [-0.3, -0.25) is 4.98 Å². The SMILES string of the molecule is Clc1cccc(Cl)c1Nc1cnnc(NCc2ccncc2)n1. The van der Waals surface area contributed by atoms with Gasteiger partial charge in [-0.2, -0.15) is 10.1 Å². The van der Waals surface area contributed by atoms with Crippen molar-refractivity contribution in [3.05, 3.63) is 64.5 Å². The summed E-state index contributed by atoms with van der Waals surface area (Å²) in [5.41, 5.74) is 1.65. The highest BCUT2D eigenvalue weighted by atomic mass is 35.5. The topological polar surface area (TPSA) is 75.6 Å². The van der Waals surface area contributed by atoms with E-state index in [1.54, 1.807) is 30.6 Å². The number of para-hydroxylation sites is 1. The first-order valence-corrected chi connectivity index (χ1v) is 7.51. The van der Waals surface area contributed by atoms with E-state index in [2.05, 4.69) is 30.8 Å². The molecule has 8 heteroatoms. The lowest BCUT2D eigenvalue weighted by Gasteiger charge is -2.10. The van der Waals surface area contributed by atoms with E-state index in [9.17, 15) is 0 Å². The van der Waals surface area contributed by atoms with Crippen molar-refractivity contribution in [3.63, 3.8) is 0 Å². The van der Waals surface area contributed by atoms with Crippen molar-refractivity contribution in [2.75, 3.05) is 10.6 Å². The summed E-state index contributed by atoms with van der Waals surface area (Å²) < 4.78 is 0. The van der Waals surface area contributed by atoms with Crippen molar-refractivity contribution in [3.8, 4) is 0 Å². The van der Waals surface area contributed by atoms with Crippen LogP contribution in [0.2, 0.25) is 10.0 Å². The van der Waals surface area contributed by atoms with E-state index in [-0.39, 0.29) is 0 Å². The van der Waals surface area contributed by atoms with E-state index in [4.69, 9.17) is 23.2 Å². The van der Waals surface area contributed by atoms with Crippen LogP contribution in [0.3, 0.4) is 0 Å². The van der Waals surface area contributed by atoms with Crippen LogP contribution in [0.1, 0.15) is 5.56 Å². The summed E-state index contributed by atoms with van der Waals surface area (Å²) >= 11 is 12.3. The number of rotatable bonds is 5. The van der Waals surface area contributed by atoms with E-state index in [1.807, 2.05) is 12.1 Å². The minimum Gasteiger partial charge on any atom is -0.349 e. The number of nitrogens with one attached hydrogen (secondary N) is 2. The van der Waals surface area contributed by atoms with E-state index < -0.39 is 0 Å². The molecule has 0 aliphatic rings. The molecule has 0 amide bonds. The van der Waals surface area contributed by atoms with E-state index in [0.717, 1.165) is 5.56 Å². The third kappa shape index (κ3) is 4.06. The van der Waals surface area contributed by atoms with Crippen LogP contribution < -0.4 is 10.6 Å². The first-order valence-electron chi connectivity index (χ1n) is 6.76. The highest BCUT2D eigenvalue weighted by molar-refractivity contribution is 6.39. The largest absolute Gasteiger partial charge is 0.349 e. The van der Waals surface area contributed by atoms with E-state index in [1.165, 1.54) is 6.20 Å². The van der Waals surface area contributed by atoms with Gasteiger partial charge >= 0.3 is 0 Å². The second-order valence-electron chi connectivity index (χ2n) is 4.60. The maximum Gasteiger partial charge on any atom is 0.244 e. The minimum absolute atomic E-state index is 0.398. The molecule has 3 aromatic rings. The van der Waals surface area contributed by atoms with Crippen LogP contribution >= 0.6 is 23.2 Å². The molecule has 116 valence electrons. The van der Waals surface area contributed by atoms with Crippen LogP contribution in [0.5, 0.6) is 0 Å². The van der Waals surface area contributed by atoms with Crippen LogP contribution in [0.15, 0.2) is 48.9 Å². The molecule has 2 N–H and O–H groups in total. The second kappa shape index (κ2) is 7.21. The zero-order valence-corrected chi connectivity index (χ0v) is 13.4. The van der Waals surface area contributed by atoms with Gasteiger partial charge in [-0.15, -0.1) is 5.10 Å².